The Morgan fingerprint density at radius 2 is 1.79 bits per heavy atom. The summed E-state index contributed by atoms with van der Waals surface area (Å²) in [5, 5.41) is 0. The first-order valence-corrected chi connectivity index (χ1v) is 8.72. The molecule has 0 bridgehead atoms. The smallest absolute Gasteiger partial charge is 0.324 e. The van der Waals surface area contributed by atoms with Gasteiger partial charge in [0, 0.05) is 31.9 Å². The van der Waals surface area contributed by atoms with E-state index in [9.17, 15) is 9.59 Å². The van der Waals surface area contributed by atoms with Crippen LogP contribution < -0.4 is 0 Å². The third-order valence-electron chi connectivity index (χ3n) is 5.02. The van der Waals surface area contributed by atoms with Crippen LogP contribution in [0.4, 0.5) is 4.79 Å². The highest BCUT2D eigenvalue weighted by Crippen LogP contribution is 2.27. The molecule has 5 nitrogen and oxygen atoms in total. The average Bonchev–Trinajstić information content (AvgIpc) is 2.60. The highest BCUT2D eigenvalue weighted by Gasteiger charge is 2.32. The van der Waals surface area contributed by atoms with Gasteiger partial charge in [0.25, 0.3) is 0 Å². The summed E-state index contributed by atoms with van der Waals surface area (Å²) in [7, 11) is 0. The molecule has 1 saturated heterocycles. The third kappa shape index (κ3) is 4.69. The molecule has 1 aromatic rings. The Hall–Kier alpha value is -1.62. The lowest BCUT2D eigenvalue weighted by Crippen LogP contribution is -2.52. The van der Waals surface area contributed by atoms with Gasteiger partial charge in [-0.3, -0.25) is 14.7 Å². The van der Waals surface area contributed by atoms with Crippen molar-refractivity contribution >= 4 is 24.3 Å². The fourth-order valence-corrected chi connectivity index (χ4v) is 3.59. The average molecular weight is 352 g/mol. The molecular weight excluding hydrogens is 326 g/mol. The Labute approximate surface area is 149 Å². The van der Waals surface area contributed by atoms with Gasteiger partial charge in [-0.05, 0) is 30.0 Å². The van der Waals surface area contributed by atoms with Crippen molar-refractivity contribution in [3.63, 3.8) is 0 Å². The summed E-state index contributed by atoms with van der Waals surface area (Å²) in [5.41, 5.74) is 0.941. The van der Waals surface area contributed by atoms with Crippen molar-refractivity contribution in [3.05, 3.63) is 30.1 Å². The molecule has 132 valence electrons. The van der Waals surface area contributed by atoms with Gasteiger partial charge in [0.1, 0.15) is 0 Å². The molecule has 0 N–H and O–H groups in total. The number of amides is 3. The zero-order valence-electron chi connectivity index (χ0n) is 14.0. The van der Waals surface area contributed by atoms with E-state index in [1.54, 1.807) is 12.4 Å². The van der Waals surface area contributed by atoms with Crippen molar-refractivity contribution < 1.29 is 9.59 Å². The van der Waals surface area contributed by atoms with E-state index >= 15 is 0 Å². The maximum Gasteiger partial charge on any atom is 0.327 e. The Bertz CT molecular complexity index is 546. The first-order valence-electron chi connectivity index (χ1n) is 8.72. The molecule has 24 heavy (non-hydrogen) atoms. The molecule has 2 aliphatic rings. The molecule has 3 rings (SSSR count). The lowest BCUT2D eigenvalue weighted by Gasteiger charge is -2.35. The Morgan fingerprint density at radius 1 is 1.08 bits per heavy atom. The van der Waals surface area contributed by atoms with E-state index in [2.05, 4.69) is 4.98 Å². The van der Waals surface area contributed by atoms with Crippen LogP contribution in [0.1, 0.15) is 50.5 Å². The van der Waals surface area contributed by atoms with E-state index in [1.165, 1.54) is 37.0 Å². The molecule has 1 aliphatic heterocycles. The van der Waals surface area contributed by atoms with E-state index in [0.29, 0.717) is 19.5 Å². The summed E-state index contributed by atoms with van der Waals surface area (Å²) in [4.78, 5) is 32.0. The van der Waals surface area contributed by atoms with Gasteiger partial charge in [0.05, 0.1) is 6.54 Å². The zero-order valence-corrected chi connectivity index (χ0v) is 14.8. The molecule has 2 heterocycles. The standard InChI is InChI=1S/C18H25N3O2.ClH/c22-17-9-13-20(12-8-15-4-2-1-3-5-15)18(23)21(17)14-16-6-10-19-11-7-16;/h6-7,10-11,15H,1-5,8-9,12-14H2;1H. The molecule has 0 unspecified atom stereocenters. The summed E-state index contributed by atoms with van der Waals surface area (Å²) in [5.74, 6) is 0.684. The van der Waals surface area contributed by atoms with E-state index in [0.717, 1.165) is 24.4 Å². The minimum absolute atomic E-state index is 0. The van der Waals surface area contributed by atoms with Crippen LogP contribution >= 0.6 is 12.4 Å². The highest BCUT2D eigenvalue weighted by molar-refractivity contribution is 5.96. The summed E-state index contributed by atoms with van der Waals surface area (Å²) in [6.45, 7) is 1.70. The van der Waals surface area contributed by atoms with Crippen LogP contribution in [-0.2, 0) is 11.3 Å². The van der Waals surface area contributed by atoms with Crippen LogP contribution in [0.5, 0.6) is 0 Å². The first-order chi connectivity index (χ1) is 11.2. The van der Waals surface area contributed by atoms with Crippen LogP contribution in [0.3, 0.4) is 0 Å². The van der Waals surface area contributed by atoms with Gasteiger partial charge in [-0.25, -0.2) is 4.79 Å². The normalized spacial score (nSPS) is 19.3. The van der Waals surface area contributed by atoms with Gasteiger partial charge in [0.2, 0.25) is 5.91 Å². The summed E-state index contributed by atoms with van der Waals surface area (Å²) < 4.78 is 0. The maximum atomic E-state index is 12.6. The molecule has 2 fully saturated rings. The number of pyridine rings is 1. The van der Waals surface area contributed by atoms with Gasteiger partial charge in [0.15, 0.2) is 0 Å². The predicted octanol–water partition coefficient (Wildman–Crippen LogP) is 3.63. The molecule has 1 aromatic heterocycles. The van der Waals surface area contributed by atoms with Crippen molar-refractivity contribution in [1.29, 1.82) is 0 Å². The fraction of sp³-hybridized carbons (Fsp3) is 0.611. The topological polar surface area (TPSA) is 53.5 Å². The summed E-state index contributed by atoms with van der Waals surface area (Å²) in [6.07, 6.45) is 11.5. The monoisotopic (exact) mass is 351 g/mol. The van der Waals surface area contributed by atoms with Crippen LogP contribution in [0.2, 0.25) is 0 Å². The number of aromatic nitrogens is 1. The van der Waals surface area contributed by atoms with Gasteiger partial charge in [-0.15, -0.1) is 12.4 Å². The minimum atomic E-state index is -0.131. The second kappa shape index (κ2) is 9.02. The number of hydrogen-bond acceptors (Lipinski definition) is 3. The predicted molar refractivity (Wildman–Crippen MR) is 94.8 cm³/mol. The molecule has 1 aliphatic carbocycles. The minimum Gasteiger partial charge on any atom is -0.324 e. The lowest BCUT2D eigenvalue weighted by atomic mass is 9.87. The van der Waals surface area contributed by atoms with E-state index in [-0.39, 0.29) is 24.3 Å². The van der Waals surface area contributed by atoms with Gasteiger partial charge >= 0.3 is 6.03 Å². The number of carbonyl (C=O) groups excluding carboxylic acids is 2. The molecule has 0 atom stereocenters. The number of hydrogen-bond donors (Lipinski definition) is 0. The molecule has 6 heteroatoms. The van der Waals surface area contributed by atoms with E-state index in [4.69, 9.17) is 0 Å². The quantitative estimate of drug-likeness (QED) is 0.814. The van der Waals surface area contributed by atoms with Crippen LogP contribution in [0.25, 0.3) is 0 Å². The second-order valence-electron chi connectivity index (χ2n) is 6.65. The van der Waals surface area contributed by atoms with Gasteiger partial charge < -0.3 is 4.90 Å². The molecule has 1 saturated carbocycles. The van der Waals surface area contributed by atoms with Crippen molar-refractivity contribution in [1.82, 2.24) is 14.8 Å². The maximum absolute atomic E-state index is 12.6. The molecular formula is C18H26ClN3O2. The molecule has 0 spiro atoms. The van der Waals surface area contributed by atoms with Crippen LogP contribution in [0, 0.1) is 5.92 Å². The Morgan fingerprint density at radius 3 is 2.50 bits per heavy atom. The summed E-state index contributed by atoms with van der Waals surface area (Å²) in [6, 6.07) is 3.57. The summed E-state index contributed by atoms with van der Waals surface area (Å²) >= 11 is 0. The van der Waals surface area contributed by atoms with Crippen molar-refractivity contribution in [2.45, 2.75) is 51.5 Å². The van der Waals surface area contributed by atoms with E-state index < -0.39 is 0 Å². The number of urea groups is 1. The van der Waals surface area contributed by atoms with E-state index in [1.807, 2.05) is 17.0 Å². The highest BCUT2D eigenvalue weighted by atomic mass is 35.5. The van der Waals surface area contributed by atoms with Crippen LogP contribution in [-0.4, -0.2) is 39.8 Å². The molecule has 3 amide bonds. The molecule has 0 radical (unpaired) electrons. The van der Waals surface area contributed by atoms with Gasteiger partial charge in [-0.2, -0.15) is 0 Å². The lowest BCUT2D eigenvalue weighted by molar-refractivity contribution is -0.131. The Balaban J connectivity index is 0.00000208. The molecule has 0 aromatic carbocycles. The van der Waals surface area contributed by atoms with Crippen molar-refractivity contribution in [2.75, 3.05) is 13.1 Å². The van der Waals surface area contributed by atoms with Crippen molar-refractivity contribution in [3.8, 4) is 0 Å². The van der Waals surface area contributed by atoms with Gasteiger partial charge in [-0.1, -0.05) is 32.1 Å². The number of rotatable bonds is 5. The number of carbonyl (C=O) groups is 2. The SMILES string of the molecule is Cl.O=C1CCN(CCC2CCCCC2)C(=O)N1Cc1ccncc1. The second-order valence-corrected chi connectivity index (χ2v) is 6.65. The van der Waals surface area contributed by atoms with Crippen molar-refractivity contribution in [2.24, 2.45) is 5.92 Å². The number of halogens is 1. The Kier molecular flexibility index (Phi) is 7.03. The largest absolute Gasteiger partial charge is 0.327 e. The zero-order chi connectivity index (χ0) is 16.1. The number of nitrogens with zero attached hydrogens (tertiary/aromatic N) is 3. The number of imide groups is 1. The van der Waals surface area contributed by atoms with Crippen LogP contribution in [0.15, 0.2) is 24.5 Å². The third-order valence-corrected chi connectivity index (χ3v) is 5.02. The fourth-order valence-electron chi connectivity index (χ4n) is 3.59. The first kappa shape index (κ1) is 18.7.